The van der Waals surface area contributed by atoms with Crippen molar-refractivity contribution in [2.75, 3.05) is 26.8 Å². The van der Waals surface area contributed by atoms with Gasteiger partial charge in [0.2, 0.25) is 0 Å². The normalized spacial score (nSPS) is 15.3. The van der Waals surface area contributed by atoms with Crippen molar-refractivity contribution in [3.8, 4) is 0 Å². The zero-order chi connectivity index (χ0) is 15.1. The Labute approximate surface area is 131 Å². The first kappa shape index (κ1) is 16.2. The van der Waals surface area contributed by atoms with Crippen LogP contribution in [-0.2, 0) is 11.3 Å². The van der Waals surface area contributed by atoms with Crippen molar-refractivity contribution in [1.29, 1.82) is 0 Å². The molecule has 1 saturated carbocycles. The molecule has 0 radical (unpaired) electrons. The SMILES string of the molecule is CN=C(NCCCOCC1CC1)NCc1sc(C)nc1C. The molecule has 1 heterocycles. The Kier molecular flexibility index (Phi) is 6.45. The molecule has 0 bridgehead atoms. The van der Waals surface area contributed by atoms with Gasteiger partial charge in [-0.15, -0.1) is 11.3 Å². The molecule has 1 aliphatic carbocycles. The first-order valence-electron chi connectivity index (χ1n) is 7.64. The lowest BCUT2D eigenvalue weighted by atomic mass is 10.4. The molecule has 0 saturated heterocycles. The molecule has 0 amide bonds. The lowest BCUT2D eigenvalue weighted by molar-refractivity contribution is 0.123. The van der Waals surface area contributed by atoms with Crippen molar-refractivity contribution >= 4 is 17.3 Å². The van der Waals surface area contributed by atoms with E-state index in [1.54, 1.807) is 18.4 Å². The van der Waals surface area contributed by atoms with Crippen LogP contribution in [0.25, 0.3) is 0 Å². The van der Waals surface area contributed by atoms with Crippen LogP contribution >= 0.6 is 11.3 Å². The number of aromatic nitrogens is 1. The molecular weight excluding hydrogens is 284 g/mol. The van der Waals surface area contributed by atoms with Crippen LogP contribution in [0.5, 0.6) is 0 Å². The number of rotatable bonds is 8. The van der Waals surface area contributed by atoms with Gasteiger partial charge in [0, 0.05) is 31.7 Å². The molecule has 1 aliphatic rings. The smallest absolute Gasteiger partial charge is 0.191 e. The largest absolute Gasteiger partial charge is 0.381 e. The molecule has 118 valence electrons. The van der Waals surface area contributed by atoms with E-state index in [2.05, 4.69) is 20.6 Å². The third-order valence-electron chi connectivity index (χ3n) is 3.45. The van der Waals surface area contributed by atoms with Gasteiger partial charge in [0.05, 0.1) is 17.2 Å². The third kappa shape index (κ3) is 6.01. The lowest BCUT2D eigenvalue weighted by Gasteiger charge is -2.11. The molecule has 21 heavy (non-hydrogen) atoms. The van der Waals surface area contributed by atoms with E-state index >= 15 is 0 Å². The second kappa shape index (κ2) is 8.34. The fraction of sp³-hybridized carbons (Fsp3) is 0.733. The summed E-state index contributed by atoms with van der Waals surface area (Å²) in [7, 11) is 1.80. The van der Waals surface area contributed by atoms with Gasteiger partial charge in [-0.3, -0.25) is 4.99 Å². The molecule has 6 heteroatoms. The summed E-state index contributed by atoms with van der Waals surface area (Å²) in [4.78, 5) is 9.93. The second-order valence-electron chi connectivity index (χ2n) is 5.47. The van der Waals surface area contributed by atoms with E-state index in [4.69, 9.17) is 4.74 Å². The predicted molar refractivity (Wildman–Crippen MR) is 87.9 cm³/mol. The Bertz CT molecular complexity index is 468. The molecule has 5 nitrogen and oxygen atoms in total. The van der Waals surface area contributed by atoms with Gasteiger partial charge in [-0.1, -0.05) is 0 Å². The number of thiazole rings is 1. The second-order valence-corrected chi connectivity index (χ2v) is 6.75. The lowest BCUT2D eigenvalue weighted by Crippen LogP contribution is -2.37. The monoisotopic (exact) mass is 310 g/mol. The van der Waals surface area contributed by atoms with Crippen LogP contribution in [0.3, 0.4) is 0 Å². The molecule has 1 aromatic rings. The van der Waals surface area contributed by atoms with Gasteiger partial charge >= 0.3 is 0 Å². The minimum atomic E-state index is 0.773. The number of hydrogen-bond acceptors (Lipinski definition) is 4. The summed E-state index contributed by atoms with van der Waals surface area (Å²) in [5.74, 6) is 1.68. The zero-order valence-electron chi connectivity index (χ0n) is 13.2. The molecule has 0 aliphatic heterocycles. The average Bonchev–Trinajstić information content (AvgIpc) is 3.22. The highest BCUT2D eigenvalue weighted by Crippen LogP contribution is 2.28. The first-order chi connectivity index (χ1) is 10.2. The fourth-order valence-corrected chi connectivity index (χ4v) is 2.91. The van der Waals surface area contributed by atoms with Crippen LogP contribution in [0.1, 0.15) is 34.8 Å². The molecule has 2 N–H and O–H groups in total. The molecule has 0 spiro atoms. The topological polar surface area (TPSA) is 58.5 Å². The Morgan fingerprint density at radius 3 is 2.81 bits per heavy atom. The van der Waals surface area contributed by atoms with Gasteiger partial charge in [0.25, 0.3) is 0 Å². The van der Waals surface area contributed by atoms with Gasteiger partial charge < -0.3 is 15.4 Å². The summed E-state index contributed by atoms with van der Waals surface area (Å²) < 4.78 is 5.61. The van der Waals surface area contributed by atoms with Crippen LogP contribution in [0, 0.1) is 19.8 Å². The van der Waals surface area contributed by atoms with E-state index in [0.717, 1.165) is 55.3 Å². The highest BCUT2D eigenvalue weighted by Gasteiger charge is 2.20. The van der Waals surface area contributed by atoms with E-state index in [1.807, 2.05) is 13.8 Å². The standard InChI is InChI=1S/C15H26N4OS/c1-11-14(21-12(2)19-11)9-18-15(16-3)17-7-4-8-20-10-13-5-6-13/h13H,4-10H2,1-3H3,(H2,16,17,18). The highest BCUT2D eigenvalue weighted by atomic mass is 32.1. The maximum Gasteiger partial charge on any atom is 0.191 e. The van der Waals surface area contributed by atoms with E-state index in [9.17, 15) is 0 Å². The Balaban J connectivity index is 1.58. The van der Waals surface area contributed by atoms with Crippen LogP contribution in [-0.4, -0.2) is 37.7 Å². The van der Waals surface area contributed by atoms with Crippen molar-refractivity contribution in [3.63, 3.8) is 0 Å². The Hall–Kier alpha value is -1.14. The number of hydrogen-bond donors (Lipinski definition) is 2. The number of nitrogens with one attached hydrogen (secondary N) is 2. The third-order valence-corrected chi connectivity index (χ3v) is 4.52. The van der Waals surface area contributed by atoms with Gasteiger partial charge in [-0.25, -0.2) is 4.98 Å². The minimum absolute atomic E-state index is 0.773. The van der Waals surface area contributed by atoms with Crippen LogP contribution < -0.4 is 10.6 Å². The van der Waals surface area contributed by atoms with Crippen LogP contribution in [0.4, 0.5) is 0 Å². The molecule has 0 aromatic carbocycles. The number of aryl methyl sites for hydroxylation is 2. The Morgan fingerprint density at radius 1 is 1.38 bits per heavy atom. The van der Waals surface area contributed by atoms with E-state index in [-0.39, 0.29) is 0 Å². The van der Waals surface area contributed by atoms with Crippen molar-refractivity contribution < 1.29 is 4.74 Å². The fourth-order valence-electron chi connectivity index (χ4n) is 2.04. The molecule has 1 aromatic heterocycles. The molecular formula is C15H26N4OS. The van der Waals surface area contributed by atoms with E-state index in [0.29, 0.717) is 0 Å². The van der Waals surface area contributed by atoms with Crippen molar-refractivity contribution in [2.45, 2.75) is 39.7 Å². The number of ether oxygens (including phenoxy) is 1. The minimum Gasteiger partial charge on any atom is -0.381 e. The Morgan fingerprint density at radius 2 is 2.19 bits per heavy atom. The van der Waals surface area contributed by atoms with Crippen molar-refractivity contribution in [3.05, 3.63) is 15.6 Å². The summed E-state index contributed by atoms with van der Waals surface area (Å²) >= 11 is 1.73. The van der Waals surface area contributed by atoms with Crippen molar-refractivity contribution in [1.82, 2.24) is 15.6 Å². The average molecular weight is 310 g/mol. The summed E-state index contributed by atoms with van der Waals surface area (Å²) in [6.45, 7) is 7.51. The maximum atomic E-state index is 5.61. The first-order valence-corrected chi connectivity index (χ1v) is 8.46. The highest BCUT2D eigenvalue weighted by molar-refractivity contribution is 7.11. The van der Waals surface area contributed by atoms with Crippen molar-refractivity contribution in [2.24, 2.45) is 10.9 Å². The van der Waals surface area contributed by atoms with Crippen LogP contribution in [0.15, 0.2) is 4.99 Å². The van der Waals surface area contributed by atoms with Gasteiger partial charge in [0.15, 0.2) is 5.96 Å². The quantitative estimate of drug-likeness (QED) is 0.439. The summed E-state index contributed by atoms with van der Waals surface area (Å²) in [5.41, 5.74) is 1.11. The predicted octanol–water partition coefficient (Wildman–Crippen LogP) is 2.24. The number of guanidine groups is 1. The maximum absolute atomic E-state index is 5.61. The molecule has 0 unspecified atom stereocenters. The summed E-state index contributed by atoms with van der Waals surface area (Å²) in [6, 6.07) is 0. The molecule has 0 atom stereocenters. The molecule has 2 rings (SSSR count). The van der Waals surface area contributed by atoms with Gasteiger partial charge in [-0.05, 0) is 39.0 Å². The van der Waals surface area contributed by atoms with Crippen LogP contribution in [0.2, 0.25) is 0 Å². The van der Waals surface area contributed by atoms with E-state index < -0.39 is 0 Å². The zero-order valence-corrected chi connectivity index (χ0v) is 14.1. The molecule has 1 fully saturated rings. The van der Waals surface area contributed by atoms with Gasteiger partial charge in [0.1, 0.15) is 0 Å². The number of nitrogens with zero attached hydrogens (tertiary/aromatic N) is 2. The van der Waals surface area contributed by atoms with E-state index in [1.165, 1.54) is 17.7 Å². The number of aliphatic imine (C=N–C) groups is 1. The van der Waals surface area contributed by atoms with Gasteiger partial charge in [-0.2, -0.15) is 0 Å². The summed E-state index contributed by atoms with van der Waals surface area (Å²) in [6.07, 6.45) is 3.71. The summed E-state index contributed by atoms with van der Waals surface area (Å²) in [5, 5.41) is 7.75.